The van der Waals surface area contributed by atoms with Gasteiger partial charge in [0.15, 0.2) is 0 Å². The summed E-state index contributed by atoms with van der Waals surface area (Å²) in [6.07, 6.45) is 0. The van der Waals surface area contributed by atoms with Crippen LogP contribution >= 0.6 is 7.60 Å². The Morgan fingerprint density at radius 1 is 0.955 bits per heavy atom. The highest BCUT2D eigenvalue weighted by atomic mass is 31.2. The molecule has 0 fully saturated rings. The summed E-state index contributed by atoms with van der Waals surface area (Å²) >= 11 is 0. The van der Waals surface area contributed by atoms with Gasteiger partial charge in [0, 0.05) is 0 Å². The fourth-order valence-electron chi connectivity index (χ4n) is 1.34. The highest BCUT2D eigenvalue weighted by Crippen LogP contribution is 2.38. The fourth-order valence-corrected chi connectivity index (χ4v) is 1.63. The zero-order valence-electron chi connectivity index (χ0n) is 12.9. The number of hydrogen-bond donors (Lipinski definition) is 6. The molecule has 3 amide bonds. The maximum Gasteiger partial charge on any atom is 0.347 e. The number of carbonyl (C=O) groups excluding carboxylic acids is 3. The van der Waals surface area contributed by atoms with Gasteiger partial charge in [-0.05, 0) is 27.8 Å². The van der Waals surface area contributed by atoms with Gasteiger partial charge in [-0.2, -0.15) is 0 Å². The van der Waals surface area contributed by atoms with Gasteiger partial charge in [0.25, 0.3) is 0 Å². The summed E-state index contributed by atoms with van der Waals surface area (Å²) in [5.41, 5.74) is 0. The first-order valence-electron chi connectivity index (χ1n) is 6.59. The molecule has 10 nitrogen and oxygen atoms in total. The number of hydrogen-bond acceptors (Lipinski definition) is 5. The summed E-state index contributed by atoms with van der Waals surface area (Å²) in [7, 11) is -2.86. The van der Waals surface area contributed by atoms with Gasteiger partial charge in [-0.25, -0.2) is 0 Å². The number of carbonyl (C=O) groups is 3. The molecule has 0 unspecified atom stereocenters. The summed E-state index contributed by atoms with van der Waals surface area (Å²) in [5, 5.41) is 9.50. The molecule has 0 aromatic carbocycles. The van der Waals surface area contributed by atoms with Gasteiger partial charge < -0.3 is 31.1 Å². The fraction of sp³-hybridized carbons (Fsp3) is 0.727. The molecular formula is C11H23N4O6P. The molecule has 0 rings (SSSR count). The summed E-state index contributed by atoms with van der Waals surface area (Å²) in [4.78, 5) is 52.6. The lowest BCUT2D eigenvalue weighted by Crippen LogP contribution is -2.53. The number of rotatable bonds is 8. The van der Waals surface area contributed by atoms with Gasteiger partial charge in [0.2, 0.25) is 17.7 Å². The molecule has 0 aromatic rings. The van der Waals surface area contributed by atoms with Gasteiger partial charge in [0.1, 0.15) is 17.9 Å². The molecule has 22 heavy (non-hydrogen) atoms. The van der Waals surface area contributed by atoms with Crippen molar-refractivity contribution in [1.82, 2.24) is 21.3 Å². The van der Waals surface area contributed by atoms with Crippen molar-refractivity contribution in [3.63, 3.8) is 0 Å². The van der Waals surface area contributed by atoms with Crippen molar-refractivity contribution in [2.75, 3.05) is 13.6 Å². The van der Waals surface area contributed by atoms with Crippen LogP contribution in [-0.4, -0.2) is 59.0 Å². The lowest BCUT2D eigenvalue weighted by molar-refractivity contribution is -0.131. The molecule has 128 valence electrons. The second-order valence-corrected chi connectivity index (χ2v) is 6.78. The molecule has 0 aliphatic rings. The van der Waals surface area contributed by atoms with Gasteiger partial charge >= 0.3 is 7.60 Å². The summed E-state index contributed by atoms with van der Waals surface area (Å²) < 4.78 is 10.9. The Kier molecular flexibility index (Phi) is 8.25. The molecule has 0 heterocycles. The van der Waals surface area contributed by atoms with E-state index in [4.69, 9.17) is 9.79 Å². The molecular weight excluding hydrogens is 315 g/mol. The monoisotopic (exact) mass is 338 g/mol. The van der Waals surface area contributed by atoms with Crippen LogP contribution in [0.15, 0.2) is 0 Å². The Balaban J connectivity index is 4.43. The van der Waals surface area contributed by atoms with Crippen molar-refractivity contribution in [2.45, 2.75) is 38.6 Å². The molecule has 0 radical (unpaired) electrons. The first-order valence-corrected chi connectivity index (χ1v) is 8.27. The lowest BCUT2D eigenvalue weighted by Gasteiger charge is -2.21. The first-order chi connectivity index (χ1) is 9.98. The van der Waals surface area contributed by atoms with Gasteiger partial charge in [-0.15, -0.1) is 0 Å². The largest absolute Gasteiger partial charge is 0.347 e. The Morgan fingerprint density at radius 3 is 1.86 bits per heavy atom. The van der Waals surface area contributed by atoms with E-state index in [0.29, 0.717) is 0 Å². The number of amides is 3. The van der Waals surface area contributed by atoms with Crippen LogP contribution in [0.25, 0.3) is 0 Å². The highest BCUT2D eigenvalue weighted by Gasteiger charge is 2.28. The summed E-state index contributed by atoms with van der Waals surface area (Å²) in [6, 6.07) is -1.86. The predicted molar refractivity (Wildman–Crippen MR) is 78.8 cm³/mol. The van der Waals surface area contributed by atoms with Crippen LogP contribution in [0.3, 0.4) is 0 Å². The standard InChI is InChI=1S/C11H23N4O6P/c1-6(13-9(16)5-12-4)10(17)14-7(2)11(18)15-8(3)22(19,20)21/h6-8,12H,5H2,1-4H3,(H,13,16)(H,14,17)(H,15,18)(H2,19,20,21)/t6-,7-,8-/m1/s1. The maximum atomic E-state index is 11.8. The lowest BCUT2D eigenvalue weighted by atomic mass is 10.2. The molecule has 0 aromatic heterocycles. The maximum absolute atomic E-state index is 11.8. The van der Waals surface area contributed by atoms with Gasteiger partial charge in [-0.1, -0.05) is 0 Å². The third-order valence-electron chi connectivity index (χ3n) is 2.72. The zero-order chi connectivity index (χ0) is 17.5. The molecule has 0 saturated heterocycles. The highest BCUT2D eigenvalue weighted by molar-refractivity contribution is 7.52. The minimum absolute atomic E-state index is 0.0491. The Morgan fingerprint density at radius 2 is 1.41 bits per heavy atom. The van der Waals surface area contributed by atoms with E-state index in [1.807, 2.05) is 0 Å². The van der Waals surface area contributed by atoms with Crippen molar-refractivity contribution in [3.05, 3.63) is 0 Å². The summed E-state index contributed by atoms with van der Waals surface area (Å²) in [5.74, 6) is -3.06. The van der Waals surface area contributed by atoms with Crippen LogP contribution in [0.1, 0.15) is 20.8 Å². The third-order valence-corrected chi connectivity index (χ3v) is 3.85. The Hall–Kier alpha value is -1.48. The minimum atomic E-state index is -4.44. The van der Waals surface area contributed by atoms with E-state index >= 15 is 0 Å². The molecule has 11 heteroatoms. The zero-order valence-corrected chi connectivity index (χ0v) is 13.8. The third kappa shape index (κ3) is 7.51. The van der Waals surface area contributed by atoms with Crippen LogP contribution in [0.2, 0.25) is 0 Å². The van der Waals surface area contributed by atoms with Crippen LogP contribution < -0.4 is 21.3 Å². The van der Waals surface area contributed by atoms with E-state index in [1.165, 1.54) is 13.8 Å². The molecule has 6 N–H and O–H groups in total. The number of likely N-dealkylation sites (N-methyl/N-ethyl adjacent to an activating group) is 1. The Labute approximate surface area is 128 Å². The van der Waals surface area contributed by atoms with E-state index in [2.05, 4.69) is 21.3 Å². The first kappa shape index (κ1) is 20.5. The van der Waals surface area contributed by atoms with Gasteiger partial charge in [0.05, 0.1) is 6.54 Å². The smallest absolute Gasteiger partial charge is 0.343 e. The second kappa shape index (κ2) is 8.84. The van der Waals surface area contributed by atoms with Crippen molar-refractivity contribution in [3.8, 4) is 0 Å². The van der Waals surface area contributed by atoms with Crippen molar-refractivity contribution >= 4 is 25.3 Å². The van der Waals surface area contributed by atoms with Crippen LogP contribution in [0, 0.1) is 0 Å². The predicted octanol–water partition coefficient (Wildman–Crippen LogP) is -2.14. The van der Waals surface area contributed by atoms with E-state index in [0.717, 1.165) is 6.92 Å². The van der Waals surface area contributed by atoms with Crippen LogP contribution in [-0.2, 0) is 18.9 Å². The molecule has 0 bridgehead atoms. The summed E-state index contributed by atoms with van der Waals surface area (Å²) in [6.45, 7) is 4.02. The van der Waals surface area contributed by atoms with Crippen molar-refractivity contribution < 1.29 is 28.7 Å². The van der Waals surface area contributed by atoms with Crippen molar-refractivity contribution in [2.24, 2.45) is 0 Å². The molecule has 0 saturated carbocycles. The second-order valence-electron chi connectivity index (χ2n) is 4.82. The molecule has 0 aliphatic carbocycles. The molecule has 3 atom stereocenters. The van der Waals surface area contributed by atoms with Crippen LogP contribution in [0.5, 0.6) is 0 Å². The van der Waals surface area contributed by atoms with Crippen LogP contribution in [0.4, 0.5) is 0 Å². The Bertz CT molecular complexity index is 465. The average Bonchev–Trinajstić information content (AvgIpc) is 2.37. The minimum Gasteiger partial charge on any atom is -0.343 e. The van der Waals surface area contributed by atoms with Crippen molar-refractivity contribution in [1.29, 1.82) is 0 Å². The van der Waals surface area contributed by atoms with E-state index in [9.17, 15) is 18.9 Å². The quantitative estimate of drug-likeness (QED) is 0.276. The number of nitrogens with one attached hydrogen (secondary N) is 4. The molecule has 0 aliphatic heterocycles. The molecule has 0 spiro atoms. The normalized spacial score (nSPS) is 15.4. The average molecular weight is 338 g/mol. The van der Waals surface area contributed by atoms with E-state index in [1.54, 1.807) is 7.05 Å². The van der Waals surface area contributed by atoms with E-state index < -0.39 is 37.3 Å². The SMILES string of the molecule is CNCC(=O)N[C@H](C)C(=O)N[C@H](C)C(=O)N[C@@H](C)P(=O)(O)O. The topological polar surface area (TPSA) is 157 Å². The van der Waals surface area contributed by atoms with Gasteiger partial charge in [-0.3, -0.25) is 18.9 Å². The van der Waals surface area contributed by atoms with E-state index in [-0.39, 0.29) is 12.5 Å².